The van der Waals surface area contributed by atoms with Crippen LogP contribution in [0.5, 0.6) is 0 Å². The molecule has 3 atom stereocenters. The van der Waals surface area contributed by atoms with Crippen LogP contribution in [-0.2, 0) is 15.7 Å². The number of nitrogens with zero attached hydrogens (tertiary/aromatic N) is 3. The van der Waals surface area contributed by atoms with Crippen molar-refractivity contribution in [3.8, 4) is 0 Å². The number of carbonyl (C=O) groups is 1. The maximum atomic E-state index is 13.4. The average Bonchev–Trinajstić information content (AvgIpc) is 3.14. The number of halogens is 3. The maximum absolute atomic E-state index is 13.4. The Hall–Kier alpha value is -2.87. The molecule has 1 aliphatic heterocycles. The summed E-state index contributed by atoms with van der Waals surface area (Å²) in [6.07, 6.45) is -1.14. The Morgan fingerprint density at radius 1 is 1.16 bits per heavy atom. The molecule has 4 rings (SSSR count). The zero-order valence-electron chi connectivity index (χ0n) is 17.3. The Morgan fingerprint density at radius 2 is 1.90 bits per heavy atom. The minimum Gasteiger partial charge on any atom is -0.372 e. The van der Waals surface area contributed by atoms with E-state index in [4.69, 9.17) is 4.74 Å². The molecule has 3 aromatic rings. The van der Waals surface area contributed by atoms with Crippen molar-refractivity contribution >= 4 is 11.6 Å². The third kappa shape index (κ3) is 4.58. The fourth-order valence-corrected chi connectivity index (χ4v) is 4.22. The minimum atomic E-state index is -4.46. The van der Waals surface area contributed by atoms with Crippen molar-refractivity contribution in [3.63, 3.8) is 0 Å². The Labute approximate surface area is 178 Å². The van der Waals surface area contributed by atoms with Crippen molar-refractivity contribution in [1.29, 1.82) is 0 Å². The van der Waals surface area contributed by atoms with Gasteiger partial charge in [-0.15, -0.1) is 0 Å². The van der Waals surface area contributed by atoms with Crippen molar-refractivity contribution in [1.82, 2.24) is 14.3 Å². The molecule has 1 fully saturated rings. The van der Waals surface area contributed by atoms with Crippen molar-refractivity contribution in [2.45, 2.75) is 44.6 Å². The van der Waals surface area contributed by atoms with Gasteiger partial charge in [0.2, 0.25) is 5.91 Å². The van der Waals surface area contributed by atoms with E-state index in [0.717, 1.165) is 12.1 Å². The number of ether oxygens (including phenoxy) is 1. The SMILES string of the molecule is CC1CN(C(=O)CC(c2cccc(C(F)(F)F)c2)c2cnc3ccccn23)CC(C)O1. The van der Waals surface area contributed by atoms with Gasteiger partial charge in [0.1, 0.15) is 5.65 Å². The molecule has 0 N–H and O–H groups in total. The number of benzene rings is 1. The van der Waals surface area contributed by atoms with Crippen LogP contribution in [-0.4, -0.2) is 45.5 Å². The summed E-state index contributed by atoms with van der Waals surface area (Å²) in [6.45, 7) is 4.74. The Bertz CT molecular complexity index is 1070. The number of hydrogen-bond donors (Lipinski definition) is 0. The average molecular weight is 431 g/mol. The summed E-state index contributed by atoms with van der Waals surface area (Å²) in [7, 11) is 0. The van der Waals surface area contributed by atoms with Crippen molar-refractivity contribution < 1.29 is 22.7 Å². The molecule has 0 saturated carbocycles. The molecular formula is C23H24F3N3O2. The lowest BCUT2D eigenvalue weighted by Crippen LogP contribution is -2.48. The lowest BCUT2D eigenvalue weighted by molar-refractivity contribution is -0.143. The van der Waals surface area contributed by atoms with E-state index in [1.165, 1.54) is 6.07 Å². The van der Waals surface area contributed by atoms with Gasteiger partial charge in [-0.3, -0.25) is 4.79 Å². The first kappa shape index (κ1) is 21.4. The zero-order valence-corrected chi connectivity index (χ0v) is 17.3. The van der Waals surface area contributed by atoms with Gasteiger partial charge in [0, 0.05) is 37.8 Å². The second kappa shape index (κ2) is 8.34. The summed E-state index contributed by atoms with van der Waals surface area (Å²) in [5, 5.41) is 0. The molecule has 3 unspecified atom stereocenters. The predicted octanol–water partition coefficient (Wildman–Crippen LogP) is 4.51. The number of amides is 1. The maximum Gasteiger partial charge on any atom is 0.416 e. The van der Waals surface area contributed by atoms with E-state index in [1.54, 1.807) is 17.2 Å². The summed E-state index contributed by atoms with van der Waals surface area (Å²) in [6, 6.07) is 10.7. The Kier molecular flexibility index (Phi) is 5.75. The molecule has 0 radical (unpaired) electrons. The van der Waals surface area contributed by atoms with Crippen LogP contribution in [0.15, 0.2) is 54.9 Å². The third-order valence-corrected chi connectivity index (χ3v) is 5.57. The first-order valence-corrected chi connectivity index (χ1v) is 10.2. The number of imidazole rings is 1. The molecule has 0 spiro atoms. The highest BCUT2D eigenvalue weighted by Crippen LogP contribution is 2.35. The molecule has 8 heteroatoms. The van der Waals surface area contributed by atoms with Crippen LogP contribution in [0.3, 0.4) is 0 Å². The summed E-state index contributed by atoms with van der Waals surface area (Å²) in [5.41, 5.74) is 1.06. The third-order valence-electron chi connectivity index (χ3n) is 5.57. The monoisotopic (exact) mass is 431 g/mol. The van der Waals surface area contributed by atoms with Gasteiger partial charge in [-0.05, 0) is 37.6 Å². The molecule has 1 amide bonds. The van der Waals surface area contributed by atoms with E-state index < -0.39 is 17.7 Å². The second-order valence-electron chi connectivity index (χ2n) is 8.05. The number of carbonyl (C=O) groups excluding carboxylic acids is 1. The highest BCUT2D eigenvalue weighted by atomic mass is 19.4. The smallest absolute Gasteiger partial charge is 0.372 e. The Balaban J connectivity index is 1.72. The second-order valence-corrected chi connectivity index (χ2v) is 8.05. The first-order valence-electron chi connectivity index (χ1n) is 10.2. The molecule has 3 heterocycles. The van der Waals surface area contributed by atoms with Crippen molar-refractivity contribution in [2.75, 3.05) is 13.1 Å². The molecule has 0 aliphatic carbocycles. The lowest BCUT2D eigenvalue weighted by Gasteiger charge is -2.36. The minimum absolute atomic E-state index is 0.0451. The van der Waals surface area contributed by atoms with Crippen LogP contribution in [0, 0.1) is 0 Å². The standard InChI is InChI=1S/C23H24F3N3O2/c1-15-13-28(14-16(2)31-15)22(30)11-19(17-6-5-7-18(10-17)23(24,25)26)20-12-27-21-8-3-4-9-29(20)21/h3-10,12,15-16,19H,11,13-14H2,1-2H3. The zero-order chi connectivity index (χ0) is 22.2. The largest absolute Gasteiger partial charge is 0.416 e. The molecule has 31 heavy (non-hydrogen) atoms. The fraction of sp³-hybridized carbons (Fsp3) is 0.391. The molecule has 1 aromatic carbocycles. The molecule has 1 aliphatic rings. The van der Waals surface area contributed by atoms with E-state index in [2.05, 4.69) is 4.98 Å². The molecular weight excluding hydrogens is 407 g/mol. The number of morpholine rings is 1. The summed E-state index contributed by atoms with van der Waals surface area (Å²) in [5.74, 6) is -0.684. The van der Waals surface area contributed by atoms with Crippen LogP contribution in [0.4, 0.5) is 13.2 Å². The predicted molar refractivity (Wildman–Crippen MR) is 110 cm³/mol. The van der Waals surface area contributed by atoms with Gasteiger partial charge >= 0.3 is 6.18 Å². The molecule has 5 nitrogen and oxygen atoms in total. The summed E-state index contributed by atoms with van der Waals surface area (Å²) >= 11 is 0. The molecule has 1 saturated heterocycles. The van der Waals surface area contributed by atoms with Crippen LogP contribution in [0.25, 0.3) is 5.65 Å². The number of hydrogen-bond acceptors (Lipinski definition) is 3. The number of fused-ring (bicyclic) bond motifs is 1. The van der Waals surface area contributed by atoms with E-state index in [9.17, 15) is 18.0 Å². The van der Waals surface area contributed by atoms with E-state index in [-0.39, 0.29) is 24.5 Å². The molecule has 2 aromatic heterocycles. The highest BCUT2D eigenvalue weighted by Gasteiger charge is 2.33. The van der Waals surface area contributed by atoms with E-state index in [0.29, 0.717) is 30.0 Å². The van der Waals surface area contributed by atoms with Gasteiger partial charge < -0.3 is 14.0 Å². The van der Waals surface area contributed by atoms with Gasteiger partial charge in [0.15, 0.2) is 0 Å². The highest BCUT2D eigenvalue weighted by molar-refractivity contribution is 5.78. The van der Waals surface area contributed by atoms with Gasteiger partial charge in [0.05, 0.1) is 23.5 Å². The number of alkyl halides is 3. The number of aromatic nitrogens is 2. The van der Waals surface area contributed by atoms with E-state index in [1.807, 2.05) is 42.6 Å². The number of pyridine rings is 1. The normalized spacial score (nSPS) is 20.7. The molecule has 0 bridgehead atoms. The van der Waals surface area contributed by atoms with Crippen molar-refractivity contribution in [3.05, 3.63) is 71.7 Å². The first-order chi connectivity index (χ1) is 14.7. The van der Waals surface area contributed by atoms with E-state index >= 15 is 0 Å². The summed E-state index contributed by atoms with van der Waals surface area (Å²) in [4.78, 5) is 19.3. The van der Waals surface area contributed by atoms with Gasteiger partial charge in [-0.1, -0.05) is 24.3 Å². The van der Waals surface area contributed by atoms with Crippen molar-refractivity contribution in [2.24, 2.45) is 0 Å². The topological polar surface area (TPSA) is 46.8 Å². The molecule has 164 valence electrons. The van der Waals surface area contributed by atoms with Crippen LogP contribution < -0.4 is 0 Å². The van der Waals surface area contributed by atoms with Crippen LogP contribution in [0.2, 0.25) is 0 Å². The Morgan fingerprint density at radius 3 is 2.61 bits per heavy atom. The van der Waals surface area contributed by atoms with Gasteiger partial charge in [-0.25, -0.2) is 4.98 Å². The quantitative estimate of drug-likeness (QED) is 0.611. The van der Waals surface area contributed by atoms with Crippen LogP contribution >= 0.6 is 0 Å². The van der Waals surface area contributed by atoms with Crippen LogP contribution in [0.1, 0.15) is 43.0 Å². The number of rotatable bonds is 4. The lowest BCUT2D eigenvalue weighted by atomic mass is 9.90. The van der Waals surface area contributed by atoms with Gasteiger partial charge in [-0.2, -0.15) is 13.2 Å². The fourth-order valence-electron chi connectivity index (χ4n) is 4.22. The summed E-state index contributed by atoms with van der Waals surface area (Å²) < 4.78 is 47.6. The van der Waals surface area contributed by atoms with Gasteiger partial charge in [0.25, 0.3) is 0 Å².